The molecular weight excluding hydrogens is 817 g/mol. The molecule has 2 fully saturated rings. The van der Waals surface area contributed by atoms with E-state index in [1.807, 2.05) is 0 Å². The Bertz CT molecular complexity index is 1940. The highest BCUT2D eigenvalue weighted by Crippen LogP contribution is 2.38. The van der Waals surface area contributed by atoms with Crippen molar-refractivity contribution in [2.75, 3.05) is 30.7 Å². The SMILES string of the molecule is CC(C)(C)OC(=O)CN(c1cc(CC(=O)OCC(=O)O[C@@H](Cc2c(Cl)c[n+]([O-])cc2Cl)c2ccc(OC(F)F)c(OCC3CC3)c2)ccc1OCC1CC1)S(=O)O. The lowest BCUT2D eigenvalue weighted by Gasteiger charge is -2.25. The highest BCUT2D eigenvalue weighted by Gasteiger charge is 2.29. The molecule has 310 valence electrons. The molecule has 0 bridgehead atoms. The molecule has 1 aromatic heterocycles. The summed E-state index contributed by atoms with van der Waals surface area (Å²) in [6.07, 6.45) is 4.13. The van der Waals surface area contributed by atoms with E-state index in [0.29, 0.717) is 22.8 Å². The van der Waals surface area contributed by atoms with Gasteiger partial charge in [-0.3, -0.25) is 18.4 Å². The zero-order chi connectivity index (χ0) is 41.4. The molecule has 0 aliphatic heterocycles. The van der Waals surface area contributed by atoms with Crippen LogP contribution in [0.15, 0.2) is 48.8 Å². The smallest absolute Gasteiger partial charge is 0.387 e. The van der Waals surface area contributed by atoms with Gasteiger partial charge in [-0.15, -0.1) is 0 Å². The Labute approximate surface area is 340 Å². The molecule has 0 saturated heterocycles. The molecule has 19 heteroatoms. The normalized spacial score (nSPS) is 15.0. The summed E-state index contributed by atoms with van der Waals surface area (Å²) in [6.45, 7) is 0.968. The minimum atomic E-state index is -3.14. The zero-order valence-electron chi connectivity index (χ0n) is 31.3. The number of hydrogen-bond acceptors (Lipinski definition) is 11. The first kappa shape index (κ1) is 43.7. The Morgan fingerprint density at radius 1 is 0.930 bits per heavy atom. The topological polar surface area (TPSA) is 174 Å². The van der Waals surface area contributed by atoms with Crippen LogP contribution in [0.25, 0.3) is 0 Å². The summed E-state index contributed by atoms with van der Waals surface area (Å²) in [4.78, 5) is 38.9. The third kappa shape index (κ3) is 13.9. The van der Waals surface area contributed by atoms with Gasteiger partial charge in [0, 0.05) is 12.0 Å². The minimum absolute atomic E-state index is 0.0205. The predicted octanol–water partition coefficient (Wildman–Crippen LogP) is 6.70. The number of rotatable bonds is 20. The van der Waals surface area contributed by atoms with E-state index in [1.54, 1.807) is 20.8 Å². The number of aromatic nitrogens is 1. The Kier molecular flexibility index (Phi) is 14.8. The van der Waals surface area contributed by atoms with Crippen LogP contribution in [0.3, 0.4) is 0 Å². The second-order valence-electron chi connectivity index (χ2n) is 14.6. The lowest BCUT2D eigenvalue weighted by molar-refractivity contribution is -0.605. The van der Waals surface area contributed by atoms with E-state index in [4.69, 9.17) is 46.9 Å². The Morgan fingerprint density at radius 2 is 1.54 bits per heavy atom. The highest BCUT2D eigenvalue weighted by molar-refractivity contribution is 7.80. The summed E-state index contributed by atoms with van der Waals surface area (Å²) in [5.41, 5.74) is -0.00161. The molecular formula is C38H42Cl2F2N2O12S. The fourth-order valence-corrected chi connectivity index (χ4v) is 6.53. The molecule has 2 atom stereocenters. The van der Waals surface area contributed by atoms with Crippen molar-refractivity contribution in [1.82, 2.24) is 0 Å². The Hall–Kier alpha value is -4.45. The van der Waals surface area contributed by atoms with Crippen molar-refractivity contribution in [2.45, 2.75) is 77.6 Å². The van der Waals surface area contributed by atoms with Gasteiger partial charge in [-0.25, -0.2) is 9.00 Å². The van der Waals surface area contributed by atoms with Gasteiger partial charge in [0.2, 0.25) is 0 Å². The first-order valence-electron chi connectivity index (χ1n) is 17.9. The van der Waals surface area contributed by atoms with Crippen molar-refractivity contribution in [3.63, 3.8) is 0 Å². The first-order chi connectivity index (χ1) is 26.9. The van der Waals surface area contributed by atoms with Crippen molar-refractivity contribution >= 4 is 58.1 Å². The van der Waals surface area contributed by atoms with Crippen LogP contribution in [0, 0.1) is 17.0 Å². The molecule has 2 saturated carbocycles. The fourth-order valence-electron chi connectivity index (χ4n) is 5.41. The van der Waals surface area contributed by atoms with Crippen molar-refractivity contribution in [3.05, 3.63) is 80.7 Å². The number of halogens is 4. The standard InChI is InChI=1S/C38H42Cl2F2N2O12S/c1-38(2,3)56-35(46)18-44(57(49)50)29-12-24(8-10-30(29)51-19-22-4-5-22)13-34(45)53-21-36(47)54-32(15-26-27(39)16-43(48)17-28(26)40)25-9-11-31(55-37(41)42)33(14-25)52-20-23-6-7-23/h8-12,14,16-17,22-23,32,37H,4-7,13,15,18-21H2,1-3H3,(H,49,50)/t32-/m0/s1. The lowest BCUT2D eigenvalue weighted by atomic mass is 10.0. The third-order valence-electron chi connectivity index (χ3n) is 8.49. The summed E-state index contributed by atoms with van der Waals surface area (Å²) < 4.78 is 82.9. The van der Waals surface area contributed by atoms with Crippen LogP contribution in [0.1, 0.15) is 69.2 Å². The van der Waals surface area contributed by atoms with Crippen LogP contribution in [-0.2, 0) is 52.7 Å². The summed E-state index contributed by atoms with van der Waals surface area (Å²) in [5.74, 6) is -2.11. The zero-order valence-corrected chi connectivity index (χ0v) is 33.6. The van der Waals surface area contributed by atoms with Gasteiger partial charge in [-0.05, 0) is 93.7 Å². The van der Waals surface area contributed by atoms with E-state index in [-0.39, 0.29) is 63.1 Å². The van der Waals surface area contributed by atoms with Crippen LogP contribution < -0.4 is 23.2 Å². The lowest BCUT2D eigenvalue weighted by Crippen LogP contribution is -2.36. The highest BCUT2D eigenvalue weighted by atomic mass is 35.5. The van der Waals surface area contributed by atoms with Crippen LogP contribution in [0.2, 0.25) is 10.0 Å². The molecule has 2 aromatic carbocycles. The number of pyridine rings is 1. The fraction of sp³-hybridized carbons (Fsp3) is 0.474. The maximum absolute atomic E-state index is 13.2. The van der Waals surface area contributed by atoms with Crippen LogP contribution in [0.4, 0.5) is 14.5 Å². The monoisotopic (exact) mass is 858 g/mol. The summed E-state index contributed by atoms with van der Waals surface area (Å²) in [5, 5.41) is 11.8. The number of alkyl halides is 2. The van der Waals surface area contributed by atoms with Crippen LogP contribution in [0.5, 0.6) is 17.2 Å². The van der Waals surface area contributed by atoms with Crippen molar-refractivity contribution in [1.29, 1.82) is 0 Å². The van der Waals surface area contributed by atoms with Gasteiger partial charge in [0.15, 0.2) is 30.5 Å². The number of carbonyl (C=O) groups excluding carboxylic acids is 3. The molecule has 5 rings (SSSR count). The molecule has 1 N–H and O–H groups in total. The molecule has 57 heavy (non-hydrogen) atoms. The summed E-state index contributed by atoms with van der Waals surface area (Å²) >= 11 is 9.95. The van der Waals surface area contributed by atoms with E-state index in [0.717, 1.165) is 42.4 Å². The maximum atomic E-state index is 13.2. The average molecular weight is 860 g/mol. The van der Waals surface area contributed by atoms with E-state index < -0.39 is 67.1 Å². The van der Waals surface area contributed by atoms with E-state index in [1.165, 1.54) is 36.4 Å². The molecule has 1 unspecified atom stereocenters. The largest absolute Gasteiger partial charge is 0.619 e. The molecule has 0 radical (unpaired) electrons. The third-order valence-corrected chi connectivity index (χ3v) is 9.85. The Balaban J connectivity index is 1.31. The van der Waals surface area contributed by atoms with Crippen molar-refractivity contribution in [2.24, 2.45) is 11.8 Å². The van der Waals surface area contributed by atoms with E-state index in [2.05, 4.69) is 4.74 Å². The molecule has 2 aliphatic rings. The molecule has 3 aromatic rings. The number of hydrogen-bond donors (Lipinski definition) is 1. The summed E-state index contributed by atoms with van der Waals surface area (Å²) in [6, 6.07) is 8.44. The molecule has 0 amide bonds. The van der Waals surface area contributed by atoms with Gasteiger partial charge >= 0.3 is 24.5 Å². The van der Waals surface area contributed by atoms with Gasteiger partial charge in [-0.2, -0.15) is 13.5 Å². The number of carbonyl (C=O) groups is 3. The van der Waals surface area contributed by atoms with Crippen molar-refractivity contribution in [3.8, 4) is 17.2 Å². The van der Waals surface area contributed by atoms with E-state index in [9.17, 15) is 37.1 Å². The van der Waals surface area contributed by atoms with Gasteiger partial charge < -0.3 is 33.6 Å². The second kappa shape index (κ2) is 19.3. The quantitative estimate of drug-likeness (QED) is 0.0419. The number of nitrogens with zero attached hydrogens (tertiary/aromatic N) is 2. The molecule has 0 spiro atoms. The molecule has 2 aliphatic carbocycles. The van der Waals surface area contributed by atoms with E-state index >= 15 is 0 Å². The molecule has 1 heterocycles. The second-order valence-corrected chi connectivity index (χ2v) is 16.3. The van der Waals surface area contributed by atoms with Crippen molar-refractivity contribution < 1.29 is 65.1 Å². The summed E-state index contributed by atoms with van der Waals surface area (Å²) in [7, 11) is 0. The number of ether oxygens (including phenoxy) is 6. The molecule has 14 nitrogen and oxygen atoms in total. The van der Waals surface area contributed by atoms with Gasteiger partial charge in [0.25, 0.3) is 11.3 Å². The van der Waals surface area contributed by atoms with Crippen LogP contribution in [-0.4, -0.2) is 65.2 Å². The number of benzene rings is 2. The van der Waals surface area contributed by atoms with Gasteiger partial charge in [0.1, 0.15) is 34.0 Å². The van der Waals surface area contributed by atoms with Gasteiger partial charge in [-0.1, -0.05) is 35.3 Å². The number of esters is 3. The van der Waals surface area contributed by atoms with Gasteiger partial charge in [0.05, 0.1) is 25.3 Å². The predicted molar refractivity (Wildman–Crippen MR) is 203 cm³/mol. The average Bonchev–Trinajstić information content (AvgIpc) is 4.05. The number of anilines is 1. The first-order valence-corrected chi connectivity index (χ1v) is 19.8. The Morgan fingerprint density at radius 3 is 2.12 bits per heavy atom. The van der Waals surface area contributed by atoms with Crippen LogP contribution >= 0.6 is 23.2 Å². The minimum Gasteiger partial charge on any atom is -0.619 e. The maximum Gasteiger partial charge on any atom is 0.387 e.